The average Bonchev–Trinajstić information content (AvgIpc) is 2.65. The van der Waals surface area contributed by atoms with Gasteiger partial charge in [0.05, 0.1) is 0 Å². The van der Waals surface area contributed by atoms with Crippen molar-refractivity contribution in [1.82, 2.24) is 0 Å². The van der Waals surface area contributed by atoms with Crippen LogP contribution in [-0.2, 0) is 0 Å². The maximum Gasteiger partial charge on any atom is 1.00 e. The summed E-state index contributed by atoms with van der Waals surface area (Å²) in [6.45, 7) is -4.53. The van der Waals surface area contributed by atoms with Gasteiger partial charge in [-0.1, -0.05) is 49.8 Å². The third kappa shape index (κ3) is 2.54. The molecular formula is C8H13BF3K. The molecule has 0 N–H and O–H groups in total. The van der Waals surface area contributed by atoms with Crippen molar-refractivity contribution in [2.45, 2.75) is 44.3 Å². The maximum absolute atomic E-state index is 12.3. The molecule has 1 unspecified atom stereocenters. The van der Waals surface area contributed by atoms with Gasteiger partial charge in [0.2, 0.25) is 0 Å². The van der Waals surface area contributed by atoms with Gasteiger partial charge in [-0.3, -0.25) is 0 Å². The molecule has 0 aromatic carbocycles. The molecule has 0 nitrogen and oxygen atoms in total. The smallest absolute Gasteiger partial charge is 0.449 e. The molecule has 0 saturated heterocycles. The first kappa shape index (κ1) is 12.6. The second-order valence-corrected chi connectivity index (χ2v) is 4.36. The summed E-state index contributed by atoms with van der Waals surface area (Å²) in [5.41, 5.74) is -0.267. The number of hydrogen-bond acceptors (Lipinski definition) is 0. The minimum atomic E-state index is -4.53. The van der Waals surface area contributed by atoms with Gasteiger partial charge >= 0.3 is 58.4 Å². The quantitative estimate of drug-likeness (QED) is 0.562. The molecule has 0 aliphatic heterocycles. The zero-order chi connectivity index (χ0) is 8.82. The van der Waals surface area contributed by atoms with Gasteiger partial charge in [-0.25, -0.2) is 0 Å². The van der Waals surface area contributed by atoms with Crippen LogP contribution in [-0.4, -0.2) is 6.98 Å². The zero-order valence-electron chi connectivity index (χ0n) is 8.03. The summed E-state index contributed by atoms with van der Waals surface area (Å²) in [6.07, 6.45) is 5.28. The van der Waals surface area contributed by atoms with Crippen molar-refractivity contribution in [3.63, 3.8) is 0 Å². The molecule has 1 spiro atoms. The predicted molar refractivity (Wildman–Crippen MR) is 43.0 cm³/mol. The third-order valence-electron chi connectivity index (χ3n) is 3.56. The summed E-state index contributed by atoms with van der Waals surface area (Å²) in [6, 6.07) is 0. The van der Waals surface area contributed by atoms with E-state index in [1.807, 2.05) is 0 Å². The Hall–Kier alpha value is 1.49. The molecule has 0 aromatic rings. The molecule has 1 atom stereocenters. The van der Waals surface area contributed by atoms with Gasteiger partial charge in [0.1, 0.15) is 0 Å². The molecule has 13 heavy (non-hydrogen) atoms. The van der Waals surface area contributed by atoms with Crippen LogP contribution in [0.25, 0.3) is 0 Å². The van der Waals surface area contributed by atoms with Crippen LogP contribution < -0.4 is 51.4 Å². The van der Waals surface area contributed by atoms with Crippen molar-refractivity contribution in [2.75, 3.05) is 0 Å². The topological polar surface area (TPSA) is 0 Å². The Morgan fingerprint density at radius 1 is 1.00 bits per heavy atom. The molecule has 2 saturated carbocycles. The van der Waals surface area contributed by atoms with Crippen molar-refractivity contribution in [3.05, 3.63) is 0 Å². The molecule has 0 radical (unpaired) electrons. The van der Waals surface area contributed by atoms with Crippen LogP contribution in [0.5, 0.6) is 0 Å². The Labute approximate surface area is 120 Å². The molecule has 0 bridgehead atoms. The standard InChI is InChI=1S/C8H13BF3.K/c10-9(11,12)7-6-8(7)4-2-1-3-5-8;/h7H,1-6H2;/q-1;+1. The molecule has 0 amide bonds. The van der Waals surface area contributed by atoms with Crippen molar-refractivity contribution < 1.29 is 64.3 Å². The Morgan fingerprint density at radius 2 is 1.54 bits per heavy atom. The summed E-state index contributed by atoms with van der Waals surface area (Å²) < 4.78 is 37.0. The third-order valence-corrected chi connectivity index (χ3v) is 3.56. The molecule has 2 aliphatic carbocycles. The fraction of sp³-hybridized carbons (Fsp3) is 1.00. The van der Waals surface area contributed by atoms with Gasteiger partial charge in [-0.15, -0.1) is 0 Å². The normalized spacial score (nSPS) is 31.2. The molecule has 0 heterocycles. The fourth-order valence-corrected chi connectivity index (χ4v) is 2.74. The van der Waals surface area contributed by atoms with Crippen LogP contribution in [0.3, 0.4) is 0 Å². The van der Waals surface area contributed by atoms with Crippen LogP contribution in [0.1, 0.15) is 38.5 Å². The predicted octanol–water partition coefficient (Wildman–Crippen LogP) is 0.562. The van der Waals surface area contributed by atoms with Crippen LogP contribution >= 0.6 is 0 Å². The van der Waals surface area contributed by atoms with Gasteiger partial charge in [0.15, 0.2) is 0 Å². The van der Waals surface area contributed by atoms with Gasteiger partial charge in [-0.2, -0.15) is 0 Å². The largest absolute Gasteiger partial charge is 1.00 e. The second kappa shape index (κ2) is 4.16. The first-order valence-electron chi connectivity index (χ1n) is 4.75. The van der Waals surface area contributed by atoms with E-state index < -0.39 is 12.8 Å². The van der Waals surface area contributed by atoms with Gasteiger partial charge in [-0.05, 0) is 0 Å². The first-order valence-corrected chi connectivity index (χ1v) is 4.75. The number of rotatable bonds is 1. The molecular weight excluding hydrogens is 203 g/mol. The minimum Gasteiger partial charge on any atom is -0.449 e. The Morgan fingerprint density at radius 3 is 1.92 bits per heavy atom. The van der Waals surface area contributed by atoms with Crippen molar-refractivity contribution in [3.8, 4) is 0 Å². The van der Waals surface area contributed by atoms with E-state index in [2.05, 4.69) is 0 Å². The van der Waals surface area contributed by atoms with E-state index in [0.29, 0.717) is 6.42 Å². The summed E-state index contributed by atoms with van der Waals surface area (Å²) in [5, 5.41) is 0. The van der Waals surface area contributed by atoms with E-state index >= 15 is 0 Å². The fourth-order valence-electron chi connectivity index (χ4n) is 2.74. The van der Waals surface area contributed by atoms with E-state index in [-0.39, 0.29) is 56.8 Å². The molecule has 0 aromatic heterocycles. The zero-order valence-corrected chi connectivity index (χ0v) is 11.2. The van der Waals surface area contributed by atoms with Crippen LogP contribution in [0.15, 0.2) is 0 Å². The number of halogens is 3. The van der Waals surface area contributed by atoms with Crippen molar-refractivity contribution in [1.29, 1.82) is 0 Å². The molecule has 2 fully saturated rings. The summed E-state index contributed by atoms with van der Waals surface area (Å²) in [4.78, 5) is 0. The van der Waals surface area contributed by atoms with Crippen LogP contribution in [0.2, 0.25) is 5.82 Å². The van der Waals surface area contributed by atoms with Crippen LogP contribution in [0.4, 0.5) is 12.9 Å². The van der Waals surface area contributed by atoms with Crippen molar-refractivity contribution in [2.24, 2.45) is 5.41 Å². The van der Waals surface area contributed by atoms with Gasteiger partial charge in [0, 0.05) is 0 Å². The summed E-state index contributed by atoms with van der Waals surface area (Å²) in [5.74, 6) is -0.891. The Bertz CT molecular complexity index is 186. The van der Waals surface area contributed by atoms with E-state index in [4.69, 9.17) is 0 Å². The van der Waals surface area contributed by atoms with Gasteiger partial charge in [0.25, 0.3) is 0 Å². The molecule has 5 heteroatoms. The second-order valence-electron chi connectivity index (χ2n) is 4.36. The van der Waals surface area contributed by atoms with Gasteiger partial charge < -0.3 is 12.9 Å². The van der Waals surface area contributed by atoms with Crippen LogP contribution in [0, 0.1) is 5.41 Å². The van der Waals surface area contributed by atoms with E-state index in [1.54, 1.807) is 0 Å². The average molecular weight is 216 g/mol. The van der Waals surface area contributed by atoms with E-state index in [1.165, 1.54) is 0 Å². The van der Waals surface area contributed by atoms with E-state index in [0.717, 1.165) is 32.1 Å². The molecule has 70 valence electrons. The first-order chi connectivity index (χ1) is 5.55. The Kier molecular flexibility index (Phi) is 4.02. The summed E-state index contributed by atoms with van der Waals surface area (Å²) >= 11 is 0. The Balaban J connectivity index is 0.000000845. The number of hydrogen-bond donors (Lipinski definition) is 0. The van der Waals surface area contributed by atoms with Crippen molar-refractivity contribution >= 4 is 6.98 Å². The monoisotopic (exact) mass is 216 g/mol. The minimum absolute atomic E-state index is 0. The molecule has 2 rings (SSSR count). The SMILES string of the molecule is F[B-](F)(F)C1CC12CCCCC2.[K+]. The maximum atomic E-state index is 12.3. The van der Waals surface area contributed by atoms with E-state index in [9.17, 15) is 12.9 Å². The summed E-state index contributed by atoms with van der Waals surface area (Å²) in [7, 11) is 0. The molecule has 2 aliphatic rings.